The Bertz CT molecular complexity index is 2800. The van der Waals surface area contributed by atoms with Gasteiger partial charge in [-0.05, 0) is 74.1 Å². The first kappa shape index (κ1) is 31.1. The third-order valence-electron chi connectivity index (χ3n) is 10.9. The molecular formula is C50H35N3. The van der Waals surface area contributed by atoms with Gasteiger partial charge in [-0.2, -0.15) is 0 Å². The summed E-state index contributed by atoms with van der Waals surface area (Å²) < 4.78 is 0. The zero-order chi connectivity index (χ0) is 35.5. The molecule has 9 aromatic rings. The van der Waals surface area contributed by atoms with Crippen LogP contribution in [0, 0.1) is 0 Å². The van der Waals surface area contributed by atoms with Gasteiger partial charge in [0.05, 0.1) is 22.8 Å². The largest absolute Gasteiger partial charge is 0.248 e. The normalized spacial score (nSPS) is 12.9. The van der Waals surface area contributed by atoms with Crippen LogP contribution in [0.1, 0.15) is 25.0 Å². The molecule has 1 aliphatic rings. The maximum Gasteiger partial charge on any atom is 0.160 e. The molecule has 0 saturated heterocycles. The summed E-state index contributed by atoms with van der Waals surface area (Å²) in [5.41, 5.74) is 13.8. The molecule has 0 aliphatic heterocycles. The molecule has 0 amide bonds. The van der Waals surface area contributed by atoms with Crippen molar-refractivity contribution < 1.29 is 0 Å². The van der Waals surface area contributed by atoms with E-state index in [-0.39, 0.29) is 5.41 Å². The first-order chi connectivity index (χ1) is 26.0. The Morgan fingerprint density at radius 2 is 0.906 bits per heavy atom. The summed E-state index contributed by atoms with van der Waals surface area (Å²) in [6.07, 6.45) is 0. The highest BCUT2D eigenvalue weighted by Gasteiger charge is 2.35. The summed E-state index contributed by atoms with van der Waals surface area (Å²) in [6.45, 7) is 4.64. The molecule has 2 heterocycles. The molecule has 53 heavy (non-hydrogen) atoms. The van der Waals surface area contributed by atoms with E-state index in [2.05, 4.69) is 178 Å². The van der Waals surface area contributed by atoms with Crippen molar-refractivity contribution in [2.45, 2.75) is 19.3 Å². The van der Waals surface area contributed by atoms with Crippen LogP contribution >= 0.6 is 0 Å². The second-order valence-electron chi connectivity index (χ2n) is 14.4. The molecule has 0 saturated carbocycles. The molecule has 0 radical (unpaired) electrons. The van der Waals surface area contributed by atoms with Crippen LogP contribution in [0.3, 0.4) is 0 Å². The Balaban J connectivity index is 1.24. The van der Waals surface area contributed by atoms with Gasteiger partial charge in [-0.1, -0.05) is 159 Å². The van der Waals surface area contributed by atoms with Crippen LogP contribution in [0.25, 0.3) is 89.1 Å². The van der Waals surface area contributed by atoms with Gasteiger partial charge in [0.1, 0.15) is 0 Å². The van der Waals surface area contributed by atoms with E-state index in [1.807, 2.05) is 12.1 Å². The Morgan fingerprint density at radius 3 is 1.64 bits per heavy atom. The average molecular weight is 678 g/mol. The van der Waals surface area contributed by atoms with Gasteiger partial charge < -0.3 is 0 Å². The Morgan fingerprint density at radius 1 is 0.340 bits per heavy atom. The molecule has 0 fully saturated rings. The van der Waals surface area contributed by atoms with Crippen molar-refractivity contribution in [3.8, 4) is 67.5 Å². The van der Waals surface area contributed by atoms with Crippen LogP contribution in [0.2, 0.25) is 0 Å². The number of hydrogen-bond acceptors (Lipinski definition) is 3. The molecule has 3 heteroatoms. The summed E-state index contributed by atoms with van der Waals surface area (Å²) in [4.78, 5) is 16.0. The van der Waals surface area contributed by atoms with Gasteiger partial charge in [-0.15, -0.1) is 0 Å². The molecule has 2 aromatic heterocycles. The van der Waals surface area contributed by atoms with Crippen LogP contribution in [0.15, 0.2) is 176 Å². The summed E-state index contributed by atoms with van der Waals surface area (Å²) in [5, 5.41) is 4.79. The van der Waals surface area contributed by atoms with E-state index in [4.69, 9.17) is 15.0 Å². The standard InChI is InChI=1S/C50H35N3/c1-50(2)43-24-14-13-23-40(43)41-26-25-35(28-44(41)50)49-52-47(31-48(53-49)42-27-34-19-9-10-20-37(34)38-21-11-12-22-39(38)42)36-29-45(32-15-5-3-6-16-32)51-46(30-36)33-17-7-4-8-18-33/h3-31H,1-2H3. The van der Waals surface area contributed by atoms with Crippen molar-refractivity contribution in [3.63, 3.8) is 0 Å². The topological polar surface area (TPSA) is 38.7 Å². The molecular weight excluding hydrogens is 643 g/mol. The fourth-order valence-corrected chi connectivity index (χ4v) is 8.16. The van der Waals surface area contributed by atoms with E-state index in [0.29, 0.717) is 5.82 Å². The summed E-state index contributed by atoms with van der Waals surface area (Å²) in [7, 11) is 0. The van der Waals surface area contributed by atoms with Crippen molar-refractivity contribution in [1.82, 2.24) is 15.0 Å². The highest BCUT2D eigenvalue weighted by atomic mass is 14.9. The first-order valence-electron chi connectivity index (χ1n) is 18.2. The van der Waals surface area contributed by atoms with Crippen LogP contribution in [-0.2, 0) is 5.41 Å². The third-order valence-corrected chi connectivity index (χ3v) is 10.9. The average Bonchev–Trinajstić information content (AvgIpc) is 3.46. The number of aromatic nitrogens is 3. The highest BCUT2D eigenvalue weighted by Crippen LogP contribution is 2.49. The van der Waals surface area contributed by atoms with Crippen molar-refractivity contribution in [1.29, 1.82) is 0 Å². The summed E-state index contributed by atoms with van der Waals surface area (Å²) >= 11 is 0. The molecule has 0 bridgehead atoms. The monoisotopic (exact) mass is 677 g/mol. The number of pyridine rings is 1. The lowest BCUT2D eigenvalue weighted by molar-refractivity contribution is 0.660. The van der Waals surface area contributed by atoms with Gasteiger partial charge in [0.25, 0.3) is 0 Å². The Hall–Kier alpha value is -6.71. The van der Waals surface area contributed by atoms with Crippen molar-refractivity contribution in [2.75, 3.05) is 0 Å². The zero-order valence-electron chi connectivity index (χ0n) is 29.6. The van der Waals surface area contributed by atoms with Crippen molar-refractivity contribution >= 4 is 21.5 Å². The lowest BCUT2D eigenvalue weighted by Gasteiger charge is -2.22. The maximum atomic E-state index is 5.41. The van der Waals surface area contributed by atoms with Gasteiger partial charge in [0.15, 0.2) is 5.82 Å². The molecule has 0 atom stereocenters. The molecule has 250 valence electrons. The molecule has 1 aliphatic carbocycles. The quantitative estimate of drug-likeness (QED) is 0.170. The van der Waals surface area contributed by atoms with Gasteiger partial charge in [0.2, 0.25) is 0 Å². The fraction of sp³-hybridized carbons (Fsp3) is 0.0600. The van der Waals surface area contributed by atoms with Crippen LogP contribution < -0.4 is 0 Å². The molecule has 0 unspecified atom stereocenters. The molecule has 0 spiro atoms. The van der Waals surface area contributed by atoms with E-state index < -0.39 is 0 Å². The van der Waals surface area contributed by atoms with E-state index >= 15 is 0 Å². The highest BCUT2D eigenvalue weighted by molar-refractivity contribution is 6.13. The van der Waals surface area contributed by atoms with E-state index in [0.717, 1.165) is 56.0 Å². The smallest absolute Gasteiger partial charge is 0.160 e. The van der Waals surface area contributed by atoms with Crippen LogP contribution in [-0.4, -0.2) is 15.0 Å². The third kappa shape index (κ3) is 5.24. The molecule has 7 aromatic carbocycles. The SMILES string of the molecule is CC1(C)c2ccccc2-c2ccc(-c3nc(-c4cc(-c5ccccc5)nc(-c5ccccc5)c4)cc(-c4cc5ccccc5c5ccccc45)n3)cc21. The number of hydrogen-bond donors (Lipinski definition) is 0. The van der Waals surface area contributed by atoms with E-state index in [9.17, 15) is 0 Å². The first-order valence-corrected chi connectivity index (χ1v) is 18.2. The minimum atomic E-state index is -0.142. The van der Waals surface area contributed by atoms with Crippen molar-refractivity contribution in [2.24, 2.45) is 0 Å². The summed E-state index contributed by atoms with van der Waals surface area (Å²) in [6, 6.07) is 62.4. The van der Waals surface area contributed by atoms with Crippen LogP contribution in [0.4, 0.5) is 0 Å². The van der Waals surface area contributed by atoms with E-state index in [1.54, 1.807) is 0 Å². The Labute approximate surface area is 309 Å². The Kier molecular flexibility index (Phi) is 7.16. The number of benzene rings is 7. The molecule has 0 N–H and O–H groups in total. The summed E-state index contributed by atoms with van der Waals surface area (Å²) in [5.74, 6) is 0.698. The number of fused-ring (bicyclic) bond motifs is 6. The second-order valence-corrected chi connectivity index (χ2v) is 14.4. The van der Waals surface area contributed by atoms with E-state index in [1.165, 1.54) is 38.4 Å². The number of rotatable bonds is 5. The number of nitrogens with zero attached hydrogens (tertiary/aromatic N) is 3. The second kappa shape index (κ2) is 12.2. The minimum absolute atomic E-state index is 0.142. The van der Waals surface area contributed by atoms with Crippen LogP contribution in [0.5, 0.6) is 0 Å². The van der Waals surface area contributed by atoms with Gasteiger partial charge in [-0.3, -0.25) is 0 Å². The predicted octanol–water partition coefficient (Wildman–Crippen LogP) is 12.8. The maximum absolute atomic E-state index is 5.41. The molecule has 3 nitrogen and oxygen atoms in total. The predicted molar refractivity (Wildman–Crippen MR) is 220 cm³/mol. The lowest BCUT2D eigenvalue weighted by Crippen LogP contribution is -2.15. The lowest BCUT2D eigenvalue weighted by atomic mass is 9.82. The van der Waals surface area contributed by atoms with Gasteiger partial charge >= 0.3 is 0 Å². The fourth-order valence-electron chi connectivity index (χ4n) is 8.16. The zero-order valence-corrected chi connectivity index (χ0v) is 29.6. The van der Waals surface area contributed by atoms with Gasteiger partial charge in [0, 0.05) is 33.2 Å². The molecule has 10 rings (SSSR count). The van der Waals surface area contributed by atoms with Crippen molar-refractivity contribution in [3.05, 3.63) is 187 Å². The van der Waals surface area contributed by atoms with Gasteiger partial charge in [-0.25, -0.2) is 15.0 Å². The minimum Gasteiger partial charge on any atom is -0.248 e.